The molecule has 0 aromatic heterocycles. The summed E-state index contributed by atoms with van der Waals surface area (Å²) in [7, 11) is 0. The summed E-state index contributed by atoms with van der Waals surface area (Å²) in [4.78, 5) is 27.3. The van der Waals surface area contributed by atoms with Gasteiger partial charge < -0.3 is 4.90 Å². The molecular formula is C42H29NO2. The van der Waals surface area contributed by atoms with Crippen LogP contribution >= 0.6 is 0 Å². The Kier molecular flexibility index (Phi) is 7.57. The first-order valence-electron chi connectivity index (χ1n) is 14.9. The number of hydrogen-bond acceptors (Lipinski definition) is 3. The maximum atomic E-state index is 13.1. The van der Waals surface area contributed by atoms with Gasteiger partial charge >= 0.3 is 0 Å². The Labute approximate surface area is 262 Å². The quantitative estimate of drug-likeness (QED) is 0.102. The Morgan fingerprint density at radius 3 is 1.82 bits per heavy atom. The first-order chi connectivity index (χ1) is 22.2. The highest BCUT2D eigenvalue weighted by molar-refractivity contribution is 6.11. The zero-order chi connectivity index (χ0) is 30.6. The van der Waals surface area contributed by atoms with Crippen LogP contribution in [0, 0.1) is 0 Å². The second-order valence-electron chi connectivity index (χ2n) is 11.0. The minimum atomic E-state index is -0.207. The molecule has 0 radical (unpaired) electrons. The highest BCUT2D eigenvalue weighted by Crippen LogP contribution is 2.37. The predicted molar refractivity (Wildman–Crippen MR) is 187 cm³/mol. The molecule has 0 bridgehead atoms. The SMILES string of the molecule is O=Cc1cc(-c2ccccc2)ccc1C(=O)/C=C/c1ccc2cc(N(c3ccccc3)c3ccc4ccccc4c3)ccc2c1. The molecule has 3 nitrogen and oxygen atoms in total. The minimum absolute atomic E-state index is 0.207. The number of para-hydroxylation sites is 1. The number of anilines is 3. The fourth-order valence-corrected chi connectivity index (χ4v) is 5.79. The summed E-state index contributed by atoms with van der Waals surface area (Å²) in [6.45, 7) is 0. The lowest BCUT2D eigenvalue weighted by Crippen LogP contribution is -2.09. The molecule has 3 heteroatoms. The predicted octanol–water partition coefficient (Wildman–Crippen LogP) is 10.8. The van der Waals surface area contributed by atoms with Gasteiger partial charge in [0.25, 0.3) is 0 Å². The second kappa shape index (κ2) is 12.3. The Morgan fingerprint density at radius 1 is 0.489 bits per heavy atom. The van der Waals surface area contributed by atoms with Gasteiger partial charge in [0, 0.05) is 28.2 Å². The highest BCUT2D eigenvalue weighted by Gasteiger charge is 2.14. The number of nitrogens with zero attached hydrogens (tertiary/aromatic N) is 1. The maximum absolute atomic E-state index is 13.1. The van der Waals surface area contributed by atoms with Gasteiger partial charge in [-0.15, -0.1) is 0 Å². The number of aldehydes is 1. The lowest BCUT2D eigenvalue weighted by Gasteiger charge is -2.26. The van der Waals surface area contributed by atoms with Gasteiger partial charge in [-0.05, 0) is 98.9 Å². The monoisotopic (exact) mass is 579 g/mol. The average molecular weight is 580 g/mol. The van der Waals surface area contributed by atoms with Crippen LogP contribution in [-0.4, -0.2) is 12.1 Å². The van der Waals surface area contributed by atoms with Crippen LogP contribution in [0.1, 0.15) is 26.3 Å². The Balaban J connectivity index is 1.17. The molecular weight excluding hydrogens is 550 g/mol. The van der Waals surface area contributed by atoms with E-state index in [-0.39, 0.29) is 5.78 Å². The van der Waals surface area contributed by atoms with Crippen molar-refractivity contribution in [2.45, 2.75) is 0 Å². The topological polar surface area (TPSA) is 37.4 Å². The van der Waals surface area contributed by atoms with Crippen LogP contribution in [-0.2, 0) is 0 Å². The van der Waals surface area contributed by atoms with Crippen LogP contribution in [0.5, 0.6) is 0 Å². The van der Waals surface area contributed by atoms with E-state index in [1.54, 1.807) is 18.2 Å². The van der Waals surface area contributed by atoms with Crippen molar-refractivity contribution < 1.29 is 9.59 Å². The molecule has 0 aliphatic rings. The summed E-state index contributed by atoms with van der Waals surface area (Å²) < 4.78 is 0. The number of ketones is 1. The van der Waals surface area contributed by atoms with Crippen LogP contribution in [0.4, 0.5) is 17.1 Å². The zero-order valence-corrected chi connectivity index (χ0v) is 24.5. The molecule has 7 rings (SSSR count). The van der Waals surface area contributed by atoms with E-state index in [0.29, 0.717) is 11.1 Å². The van der Waals surface area contributed by atoms with Crippen LogP contribution < -0.4 is 4.90 Å². The smallest absolute Gasteiger partial charge is 0.186 e. The number of carbonyl (C=O) groups excluding carboxylic acids is 2. The molecule has 0 atom stereocenters. The molecule has 214 valence electrons. The molecule has 45 heavy (non-hydrogen) atoms. The van der Waals surface area contributed by atoms with Crippen molar-refractivity contribution in [3.8, 4) is 11.1 Å². The van der Waals surface area contributed by atoms with Gasteiger partial charge in [-0.25, -0.2) is 0 Å². The third kappa shape index (κ3) is 5.80. The van der Waals surface area contributed by atoms with Crippen molar-refractivity contribution in [1.29, 1.82) is 0 Å². The van der Waals surface area contributed by atoms with Gasteiger partial charge in [0.15, 0.2) is 12.1 Å². The van der Waals surface area contributed by atoms with E-state index in [4.69, 9.17) is 0 Å². The van der Waals surface area contributed by atoms with Crippen molar-refractivity contribution in [2.75, 3.05) is 4.90 Å². The van der Waals surface area contributed by atoms with E-state index in [1.165, 1.54) is 16.8 Å². The van der Waals surface area contributed by atoms with Crippen molar-refractivity contribution in [3.05, 3.63) is 180 Å². The van der Waals surface area contributed by atoms with Crippen LogP contribution in [0.15, 0.2) is 164 Å². The van der Waals surface area contributed by atoms with E-state index in [1.807, 2.05) is 48.5 Å². The number of rotatable bonds is 8. The lowest BCUT2D eigenvalue weighted by atomic mass is 9.97. The normalized spacial score (nSPS) is 11.2. The molecule has 0 fully saturated rings. The van der Waals surface area contributed by atoms with E-state index in [9.17, 15) is 9.59 Å². The summed E-state index contributed by atoms with van der Waals surface area (Å²) in [6.07, 6.45) is 4.09. The van der Waals surface area contributed by atoms with E-state index < -0.39 is 0 Å². The van der Waals surface area contributed by atoms with Gasteiger partial charge in [-0.3, -0.25) is 9.59 Å². The molecule has 0 N–H and O–H groups in total. The molecule has 0 unspecified atom stereocenters. The minimum Gasteiger partial charge on any atom is -0.310 e. The number of hydrogen-bond donors (Lipinski definition) is 0. The lowest BCUT2D eigenvalue weighted by molar-refractivity contribution is 0.103. The van der Waals surface area contributed by atoms with Crippen molar-refractivity contribution in [2.24, 2.45) is 0 Å². The Bertz CT molecular complexity index is 2200. The zero-order valence-electron chi connectivity index (χ0n) is 24.5. The van der Waals surface area contributed by atoms with E-state index in [0.717, 1.165) is 50.8 Å². The fourth-order valence-electron chi connectivity index (χ4n) is 5.79. The third-order valence-corrected chi connectivity index (χ3v) is 8.09. The van der Waals surface area contributed by atoms with Gasteiger partial charge in [0.1, 0.15) is 0 Å². The number of fused-ring (bicyclic) bond motifs is 2. The number of allylic oxidation sites excluding steroid dienone is 1. The number of carbonyl (C=O) groups is 2. The molecule has 0 aliphatic heterocycles. The molecule has 7 aromatic rings. The third-order valence-electron chi connectivity index (χ3n) is 8.09. The van der Waals surface area contributed by atoms with Gasteiger partial charge in [0.2, 0.25) is 0 Å². The molecule has 0 spiro atoms. The van der Waals surface area contributed by atoms with E-state index >= 15 is 0 Å². The molecule has 0 saturated carbocycles. The first-order valence-corrected chi connectivity index (χ1v) is 14.9. The Hall–Kier alpha value is -6.06. The van der Waals surface area contributed by atoms with Gasteiger partial charge in [-0.2, -0.15) is 0 Å². The summed E-state index contributed by atoms with van der Waals surface area (Å²) >= 11 is 0. The molecule has 7 aromatic carbocycles. The van der Waals surface area contributed by atoms with Crippen LogP contribution in [0.25, 0.3) is 38.7 Å². The largest absolute Gasteiger partial charge is 0.310 e. The first kappa shape index (κ1) is 27.8. The maximum Gasteiger partial charge on any atom is 0.186 e. The van der Waals surface area contributed by atoms with Crippen LogP contribution in [0.2, 0.25) is 0 Å². The molecule has 0 heterocycles. The Morgan fingerprint density at radius 2 is 1.09 bits per heavy atom. The van der Waals surface area contributed by atoms with Crippen LogP contribution in [0.3, 0.4) is 0 Å². The molecule has 0 saturated heterocycles. The number of benzene rings is 7. The fraction of sp³-hybridized carbons (Fsp3) is 0. The second-order valence-corrected chi connectivity index (χ2v) is 11.0. The summed E-state index contributed by atoms with van der Waals surface area (Å²) in [5.41, 5.74) is 6.81. The standard InChI is InChI=1S/C42H29NO2/c44-29-37-26-35(31-9-3-1-4-10-31)20-23-41(37)42(45)24-16-30-15-17-36-28-40(22-19-34(36)25-30)43(38-13-5-2-6-14-38)39-21-18-32-11-7-8-12-33(32)27-39/h1-29H/b24-16+. The van der Waals surface area contributed by atoms with E-state index in [2.05, 4.69) is 102 Å². The summed E-state index contributed by atoms with van der Waals surface area (Å²) in [6, 6.07) is 53.1. The molecule has 0 aliphatic carbocycles. The highest BCUT2D eigenvalue weighted by atomic mass is 16.1. The summed E-state index contributed by atoms with van der Waals surface area (Å²) in [5.74, 6) is -0.207. The van der Waals surface area contributed by atoms with Crippen molar-refractivity contribution in [3.63, 3.8) is 0 Å². The van der Waals surface area contributed by atoms with Crippen molar-refractivity contribution in [1.82, 2.24) is 0 Å². The average Bonchev–Trinajstić information content (AvgIpc) is 3.11. The van der Waals surface area contributed by atoms with Gasteiger partial charge in [-0.1, -0.05) is 109 Å². The van der Waals surface area contributed by atoms with Crippen molar-refractivity contribution >= 4 is 56.8 Å². The van der Waals surface area contributed by atoms with Gasteiger partial charge in [0.05, 0.1) is 0 Å². The summed E-state index contributed by atoms with van der Waals surface area (Å²) in [5, 5.41) is 4.56. The molecule has 0 amide bonds.